The molecule has 0 saturated heterocycles. The molecule has 2 aromatic rings. The zero-order valence-electron chi connectivity index (χ0n) is 14.3. The van der Waals surface area contributed by atoms with Crippen molar-refractivity contribution in [3.05, 3.63) is 59.9 Å². The number of hydrogen-bond donors (Lipinski definition) is 2. The predicted molar refractivity (Wildman–Crippen MR) is 102 cm³/mol. The van der Waals surface area contributed by atoms with E-state index < -0.39 is 0 Å². The number of benzene rings is 2. The number of hydrogen-bond acceptors (Lipinski definition) is 3. The lowest BCUT2D eigenvalue weighted by Gasteiger charge is -2.08. The van der Waals surface area contributed by atoms with Crippen LogP contribution >= 0.6 is 11.8 Å². The van der Waals surface area contributed by atoms with Gasteiger partial charge in [0.05, 0.1) is 0 Å². The second-order valence-electron chi connectivity index (χ2n) is 6.26. The van der Waals surface area contributed by atoms with Crippen molar-refractivity contribution < 1.29 is 14.0 Å². The van der Waals surface area contributed by atoms with Crippen LogP contribution in [0.15, 0.2) is 53.4 Å². The molecule has 0 bridgehead atoms. The number of rotatable bonds is 8. The van der Waals surface area contributed by atoms with E-state index in [1.807, 2.05) is 0 Å². The van der Waals surface area contributed by atoms with E-state index in [1.165, 1.54) is 12.1 Å². The summed E-state index contributed by atoms with van der Waals surface area (Å²) < 4.78 is 12.8. The molecule has 0 aliphatic heterocycles. The molecule has 2 amide bonds. The Labute approximate surface area is 156 Å². The van der Waals surface area contributed by atoms with Crippen LogP contribution in [0.4, 0.5) is 10.1 Å². The van der Waals surface area contributed by atoms with Gasteiger partial charge in [-0.1, -0.05) is 6.07 Å². The van der Waals surface area contributed by atoms with Crippen LogP contribution < -0.4 is 10.6 Å². The molecule has 0 unspecified atom stereocenters. The molecule has 0 heterocycles. The first kappa shape index (κ1) is 18.5. The molecule has 1 aliphatic rings. The van der Waals surface area contributed by atoms with E-state index in [0.29, 0.717) is 17.8 Å². The second kappa shape index (κ2) is 8.85. The van der Waals surface area contributed by atoms with Gasteiger partial charge in [0.25, 0.3) is 5.91 Å². The fraction of sp³-hybridized carbons (Fsp3) is 0.300. The lowest BCUT2D eigenvalue weighted by atomic mass is 10.2. The standard InChI is InChI=1S/C20H21FN2O2S/c21-16-7-9-18(10-8-16)26-12-2-11-22-19(24)15-3-1-4-17(13-15)23-20(25)14-5-6-14/h1,3-4,7-10,13-14H,2,5-6,11-12H2,(H,22,24)(H,23,25). The zero-order valence-corrected chi connectivity index (χ0v) is 15.2. The van der Waals surface area contributed by atoms with Crippen molar-refractivity contribution >= 4 is 29.3 Å². The highest BCUT2D eigenvalue weighted by Crippen LogP contribution is 2.30. The van der Waals surface area contributed by atoms with E-state index in [4.69, 9.17) is 0 Å². The first-order valence-electron chi connectivity index (χ1n) is 8.69. The maximum Gasteiger partial charge on any atom is 0.251 e. The molecule has 2 aromatic carbocycles. The number of amides is 2. The minimum absolute atomic E-state index is 0.0281. The number of nitrogens with one attached hydrogen (secondary N) is 2. The average molecular weight is 372 g/mol. The van der Waals surface area contributed by atoms with Gasteiger partial charge in [-0.15, -0.1) is 11.8 Å². The topological polar surface area (TPSA) is 58.2 Å². The summed E-state index contributed by atoms with van der Waals surface area (Å²) >= 11 is 1.63. The summed E-state index contributed by atoms with van der Waals surface area (Å²) in [7, 11) is 0. The van der Waals surface area contributed by atoms with E-state index in [0.717, 1.165) is 29.9 Å². The van der Waals surface area contributed by atoms with E-state index in [1.54, 1.807) is 48.2 Å². The molecule has 0 radical (unpaired) electrons. The summed E-state index contributed by atoms with van der Waals surface area (Å²) in [6, 6.07) is 13.4. The van der Waals surface area contributed by atoms with Gasteiger partial charge >= 0.3 is 0 Å². The summed E-state index contributed by atoms with van der Waals surface area (Å²) in [5.41, 5.74) is 1.19. The molecule has 1 aliphatic carbocycles. The smallest absolute Gasteiger partial charge is 0.251 e. The average Bonchev–Trinajstić information content (AvgIpc) is 3.48. The third-order valence-corrected chi connectivity index (χ3v) is 5.13. The van der Waals surface area contributed by atoms with Crippen molar-refractivity contribution in [1.29, 1.82) is 0 Å². The van der Waals surface area contributed by atoms with Crippen LogP contribution in [0.2, 0.25) is 0 Å². The summed E-state index contributed by atoms with van der Waals surface area (Å²) in [6.45, 7) is 0.561. The summed E-state index contributed by atoms with van der Waals surface area (Å²) in [6.07, 6.45) is 2.70. The lowest BCUT2D eigenvalue weighted by molar-refractivity contribution is -0.117. The van der Waals surface area contributed by atoms with E-state index in [9.17, 15) is 14.0 Å². The summed E-state index contributed by atoms with van der Waals surface area (Å²) in [4.78, 5) is 25.0. The molecule has 6 heteroatoms. The van der Waals surface area contributed by atoms with Gasteiger partial charge < -0.3 is 10.6 Å². The zero-order chi connectivity index (χ0) is 18.4. The first-order chi connectivity index (χ1) is 12.6. The van der Waals surface area contributed by atoms with Crippen molar-refractivity contribution in [2.24, 2.45) is 5.92 Å². The second-order valence-corrected chi connectivity index (χ2v) is 7.42. The monoisotopic (exact) mass is 372 g/mol. The first-order valence-corrected chi connectivity index (χ1v) is 9.68. The molecular formula is C20H21FN2O2S. The number of anilines is 1. The van der Waals surface area contributed by atoms with Crippen LogP contribution in [-0.4, -0.2) is 24.1 Å². The Hall–Kier alpha value is -2.34. The number of carbonyl (C=O) groups is 2. The molecule has 0 atom stereocenters. The fourth-order valence-corrected chi connectivity index (χ4v) is 3.28. The normalized spacial score (nSPS) is 13.3. The van der Waals surface area contributed by atoms with Crippen LogP contribution in [0.3, 0.4) is 0 Å². The highest BCUT2D eigenvalue weighted by atomic mass is 32.2. The van der Waals surface area contributed by atoms with Crippen molar-refractivity contribution in [3.63, 3.8) is 0 Å². The Morgan fingerprint density at radius 3 is 2.62 bits per heavy atom. The van der Waals surface area contributed by atoms with Crippen LogP contribution in [0.1, 0.15) is 29.6 Å². The Kier molecular flexibility index (Phi) is 6.28. The Bertz CT molecular complexity index is 776. The van der Waals surface area contributed by atoms with Gasteiger partial charge in [0.2, 0.25) is 5.91 Å². The molecule has 26 heavy (non-hydrogen) atoms. The van der Waals surface area contributed by atoms with Crippen molar-refractivity contribution in [2.45, 2.75) is 24.2 Å². The minimum Gasteiger partial charge on any atom is -0.352 e. The maximum absolute atomic E-state index is 12.8. The predicted octanol–water partition coefficient (Wildman–Crippen LogP) is 4.09. The Morgan fingerprint density at radius 1 is 1.12 bits per heavy atom. The minimum atomic E-state index is -0.239. The van der Waals surface area contributed by atoms with Crippen molar-refractivity contribution in [1.82, 2.24) is 5.32 Å². The number of halogens is 1. The highest BCUT2D eigenvalue weighted by molar-refractivity contribution is 7.99. The highest BCUT2D eigenvalue weighted by Gasteiger charge is 2.29. The van der Waals surface area contributed by atoms with Crippen LogP contribution in [0.5, 0.6) is 0 Å². The SMILES string of the molecule is O=C(NCCCSc1ccc(F)cc1)c1cccc(NC(=O)C2CC2)c1. The van der Waals surface area contributed by atoms with Crippen LogP contribution in [0, 0.1) is 11.7 Å². The van der Waals surface area contributed by atoms with Gasteiger partial charge in [0.1, 0.15) is 5.82 Å². The molecule has 1 saturated carbocycles. The van der Waals surface area contributed by atoms with Gasteiger partial charge in [-0.3, -0.25) is 9.59 Å². The molecule has 0 aromatic heterocycles. The third-order valence-electron chi connectivity index (χ3n) is 4.03. The molecule has 0 spiro atoms. The molecule has 2 N–H and O–H groups in total. The van der Waals surface area contributed by atoms with Crippen LogP contribution in [0.25, 0.3) is 0 Å². The van der Waals surface area contributed by atoms with Gasteiger partial charge in [-0.25, -0.2) is 4.39 Å². The fourth-order valence-electron chi connectivity index (χ4n) is 2.43. The molecule has 4 nitrogen and oxygen atoms in total. The van der Waals surface area contributed by atoms with E-state index >= 15 is 0 Å². The lowest BCUT2D eigenvalue weighted by Crippen LogP contribution is -2.25. The third kappa shape index (κ3) is 5.59. The number of thioether (sulfide) groups is 1. The largest absolute Gasteiger partial charge is 0.352 e. The van der Waals surface area contributed by atoms with Crippen molar-refractivity contribution in [2.75, 3.05) is 17.6 Å². The van der Waals surface area contributed by atoms with Crippen molar-refractivity contribution in [3.8, 4) is 0 Å². The maximum atomic E-state index is 12.8. The van der Waals surface area contributed by atoms with Gasteiger partial charge in [-0.2, -0.15) is 0 Å². The quantitative estimate of drug-likeness (QED) is 0.542. The van der Waals surface area contributed by atoms with Gasteiger partial charge in [-0.05, 0) is 67.5 Å². The molecule has 1 fully saturated rings. The van der Waals surface area contributed by atoms with Gasteiger partial charge in [0.15, 0.2) is 0 Å². The van der Waals surface area contributed by atoms with E-state index in [-0.39, 0.29) is 23.5 Å². The van der Waals surface area contributed by atoms with Gasteiger partial charge in [0, 0.05) is 28.6 Å². The molecular weight excluding hydrogens is 351 g/mol. The van der Waals surface area contributed by atoms with E-state index in [2.05, 4.69) is 10.6 Å². The number of carbonyl (C=O) groups excluding carboxylic acids is 2. The summed E-state index contributed by atoms with van der Waals surface area (Å²) in [5.74, 6) is 0.603. The van der Waals surface area contributed by atoms with Crippen LogP contribution in [-0.2, 0) is 4.79 Å². The molecule has 3 rings (SSSR count). The Balaban J connectivity index is 1.40. The Morgan fingerprint density at radius 2 is 1.88 bits per heavy atom. The summed E-state index contributed by atoms with van der Waals surface area (Å²) in [5, 5.41) is 5.73. The molecule has 136 valence electrons.